The summed E-state index contributed by atoms with van der Waals surface area (Å²) in [7, 11) is 0. The Morgan fingerprint density at radius 2 is 2.00 bits per heavy atom. The van der Waals surface area contributed by atoms with E-state index in [-0.39, 0.29) is 0 Å². The van der Waals surface area contributed by atoms with Crippen molar-refractivity contribution in [3.05, 3.63) is 0 Å². The first-order valence-electron chi connectivity index (χ1n) is 3.41. The molecule has 0 N–H and O–H groups in total. The van der Waals surface area contributed by atoms with Gasteiger partial charge in [0, 0.05) is 4.43 Å². The minimum absolute atomic E-state index is 0.987. The molecule has 50 valence electrons. The van der Waals surface area contributed by atoms with Crippen molar-refractivity contribution in [3.63, 3.8) is 0 Å². The number of halogens is 1. The van der Waals surface area contributed by atoms with Crippen molar-refractivity contribution in [3.8, 4) is 0 Å². The van der Waals surface area contributed by atoms with Crippen molar-refractivity contribution >= 4 is 22.6 Å². The molecule has 1 atom stereocenters. The van der Waals surface area contributed by atoms with Crippen LogP contribution in [0.15, 0.2) is 0 Å². The van der Waals surface area contributed by atoms with Gasteiger partial charge in [0.1, 0.15) is 0 Å². The summed E-state index contributed by atoms with van der Waals surface area (Å²) in [5, 5.41) is 0. The number of hydrogen-bond acceptors (Lipinski definition) is 0. The SMILES string of the molecule is CCCC(CC)CI. The Morgan fingerprint density at radius 3 is 2.12 bits per heavy atom. The van der Waals surface area contributed by atoms with Crippen molar-refractivity contribution in [2.75, 3.05) is 4.43 Å². The van der Waals surface area contributed by atoms with Crippen LogP contribution in [0.2, 0.25) is 0 Å². The van der Waals surface area contributed by atoms with Crippen LogP contribution in [0.3, 0.4) is 0 Å². The molecule has 0 aliphatic heterocycles. The monoisotopic (exact) mass is 226 g/mol. The highest BCUT2D eigenvalue weighted by molar-refractivity contribution is 14.1. The van der Waals surface area contributed by atoms with Gasteiger partial charge in [-0.25, -0.2) is 0 Å². The average Bonchev–Trinajstić information content (AvgIpc) is 1.83. The number of rotatable bonds is 4. The van der Waals surface area contributed by atoms with Gasteiger partial charge in [-0.3, -0.25) is 0 Å². The fourth-order valence-corrected chi connectivity index (χ4v) is 1.86. The molecule has 0 fully saturated rings. The lowest BCUT2D eigenvalue weighted by Gasteiger charge is -2.07. The highest BCUT2D eigenvalue weighted by atomic mass is 127. The van der Waals surface area contributed by atoms with E-state index in [0.717, 1.165) is 5.92 Å². The Morgan fingerprint density at radius 1 is 1.38 bits per heavy atom. The molecule has 1 heteroatoms. The molecule has 0 rings (SSSR count). The minimum Gasteiger partial charge on any atom is -0.0861 e. The molecule has 0 saturated carbocycles. The largest absolute Gasteiger partial charge is 0.0861 e. The van der Waals surface area contributed by atoms with Crippen LogP contribution < -0.4 is 0 Å². The molecule has 0 saturated heterocycles. The normalized spacial score (nSPS) is 13.9. The second kappa shape index (κ2) is 5.86. The molecular formula is C7H15I. The molecule has 8 heavy (non-hydrogen) atoms. The third kappa shape index (κ3) is 3.70. The summed E-state index contributed by atoms with van der Waals surface area (Å²) in [6.07, 6.45) is 4.12. The molecule has 0 aromatic heterocycles. The average molecular weight is 226 g/mol. The van der Waals surface area contributed by atoms with Crippen LogP contribution in [-0.4, -0.2) is 4.43 Å². The molecule has 0 aromatic carbocycles. The third-order valence-corrected chi connectivity index (χ3v) is 2.74. The van der Waals surface area contributed by atoms with Gasteiger partial charge in [-0.05, 0) is 12.3 Å². The third-order valence-electron chi connectivity index (χ3n) is 1.49. The van der Waals surface area contributed by atoms with Crippen LogP contribution in [0.25, 0.3) is 0 Å². The molecule has 0 nitrogen and oxygen atoms in total. The van der Waals surface area contributed by atoms with E-state index in [9.17, 15) is 0 Å². The van der Waals surface area contributed by atoms with E-state index in [2.05, 4.69) is 36.4 Å². The van der Waals surface area contributed by atoms with Gasteiger partial charge >= 0.3 is 0 Å². The lowest BCUT2D eigenvalue weighted by Crippen LogP contribution is -1.97. The maximum Gasteiger partial charge on any atom is 0.00235 e. The van der Waals surface area contributed by atoms with Crippen LogP contribution in [0.5, 0.6) is 0 Å². The van der Waals surface area contributed by atoms with Crippen LogP contribution in [0.1, 0.15) is 33.1 Å². The zero-order valence-electron chi connectivity index (χ0n) is 5.78. The molecule has 0 heterocycles. The Hall–Kier alpha value is 0.730. The van der Waals surface area contributed by atoms with E-state index in [1.807, 2.05) is 0 Å². The Bertz CT molecular complexity index is 39.7. The van der Waals surface area contributed by atoms with E-state index in [0.29, 0.717) is 0 Å². The maximum absolute atomic E-state index is 2.47. The standard InChI is InChI=1S/C7H15I/c1-3-5-7(4-2)6-8/h7H,3-6H2,1-2H3. The van der Waals surface area contributed by atoms with E-state index in [1.165, 1.54) is 23.7 Å². The van der Waals surface area contributed by atoms with Gasteiger partial charge < -0.3 is 0 Å². The summed E-state index contributed by atoms with van der Waals surface area (Å²) in [5.41, 5.74) is 0. The molecule has 0 aliphatic rings. The molecule has 0 spiro atoms. The van der Waals surface area contributed by atoms with Crippen molar-refractivity contribution in [2.24, 2.45) is 5.92 Å². The molecule has 0 radical (unpaired) electrons. The molecule has 0 aliphatic carbocycles. The van der Waals surface area contributed by atoms with Crippen LogP contribution >= 0.6 is 22.6 Å². The smallest absolute Gasteiger partial charge is 0.00235 e. The summed E-state index contributed by atoms with van der Waals surface area (Å²) in [6, 6.07) is 0. The lowest BCUT2D eigenvalue weighted by molar-refractivity contribution is 0.524. The predicted octanol–water partition coefficient (Wildman–Crippen LogP) is 3.25. The highest BCUT2D eigenvalue weighted by Gasteiger charge is 1.99. The van der Waals surface area contributed by atoms with Crippen molar-refractivity contribution < 1.29 is 0 Å². The molecule has 1 unspecified atom stereocenters. The fourth-order valence-electron chi connectivity index (χ4n) is 0.799. The van der Waals surface area contributed by atoms with E-state index >= 15 is 0 Å². The maximum atomic E-state index is 2.47. The van der Waals surface area contributed by atoms with Crippen LogP contribution in [-0.2, 0) is 0 Å². The van der Waals surface area contributed by atoms with Crippen LogP contribution in [0, 0.1) is 5.92 Å². The highest BCUT2D eigenvalue weighted by Crippen LogP contribution is 2.12. The summed E-state index contributed by atoms with van der Waals surface area (Å²) in [5.74, 6) is 0.987. The lowest BCUT2D eigenvalue weighted by atomic mass is 10.0. The van der Waals surface area contributed by atoms with Crippen LogP contribution in [0.4, 0.5) is 0 Å². The van der Waals surface area contributed by atoms with Crippen molar-refractivity contribution in [1.29, 1.82) is 0 Å². The van der Waals surface area contributed by atoms with E-state index < -0.39 is 0 Å². The van der Waals surface area contributed by atoms with Gasteiger partial charge in [0.2, 0.25) is 0 Å². The molecule has 0 aromatic rings. The summed E-state index contributed by atoms with van der Waals surface area (Å²) in [6.45, 7) is 4.54. The minimum atomic E-state index is 0.987. The Kier molecular flexibility index (Phi) is 6.39. The first-order chi connectivity index (χ1) is 3.85. The number of hydrogen-bond donors (Lipinski definition) is 0. The van der Waals surface area contributed by atoms with Gasteiger partial charge in [-0.2, -0.15) is 0 Å². The first-order valence-corrected chi connectivity index (χ1v) is 4.93. The van der Waals surface area contributed by atoms with Crippen molar-refractivity contribution in [1.82, 2.24) is 0 Å². The summed E-state index contributed by atoms with van der Waals surface area (Å²) in [4.78, 5) is 0. The van der Waals surface area contributed by atoms with Gasteiger partial charge in [-0.1, -0.05) is 49.3 Å². The van der Waals surface area contributed by atoms with E-state index in [1.54, 1.807) is 0 Å². The zero-order valence-corrected chi connectivity index (χ0v) is 7.94. The molecule has 0 bridgehead atoms. The van der Waals surface area contributed by atoms with Gasteiger partial charge in [0.15, 0.2) is 0 Å². The van der Waals surface area contributed by atoms with E-state index in [4.69, 9.17) is 0 Å². The summed E-state index contributed by atoms with van der Waals surface area (Å²) < 4.78 is 1.34. The van der Waals surface area contributed by atoms with Gasteiger partial charge in [-0.15, -0.1) is 0 Å². The molecule has 0 amide bonds. The predicted molar refractivity (Wildman–Crippen MR) is 47.6 cm³/mol. The topological polar surface area (TPSA) is 0 Å². The zero-order chi connectivity index (χ0) is 6.41. The first kappa shape index (κ1) is 8.73. The number of alkyl halides is 1. The second-order valence-electron chi connectivity index (χ2n) is 2.22. The fraction of sp³-hybridized carbons (Fsp3) is 1.00. The molecular weight excluding hydrogens is 211 g/mol. The van der Waals surface area contributed by atoms with Gasteiger partial charge in [0.25, 0.3) is 0 Å². The van der Waals surface area contributed by atoms with Crippen molar-refractivity contribution in [2.45, 2.75) is 33.1 Å². The Balaban J connectivity index is 3.07. The van der Waals surface area contributed by atoms with Gasteiger partial charge in [0.05, 0.1) is 0 Å². The second-order valence-corrected chi connectivity index (χ2v) is 3.10. The quantitative estimate of drug-likeness (QED) is 0.509. The Labute approximate surface area is 66.2 Å². The summed E-state index contributed by atoms with van der Waals surface area (Å²) >= 11 is 2.47.